The molecule has 1 atom stereocenters. The number of hydrogen-bond acceptors (Lipinski definition) is 4. The lowest BCUT2D eigenvalue weighted by atomic mass is 9.97. The monoisotopic (exact) mass is 383 g/mol. The lowest BCUT2D eigenvalue weighted by molar-refractivity contribution is 0.0659. The number of carbonyl (C=O) groups is 2. The van der Waals surface area contributed by atoms with Gasteiger partial charge in [-0.2, -0.15) is 0 Å². The molecule has 1 fully saturated rings. The summed E-state index contributed by atoms with van der Waals surface area (Å²) in [6.07, 6.45) is 3.74. The minimum Gasteiger partial charge on any atom is -0.338 e. The van der Waals surface area contributed by atoms with Crippen LogP contribution in [-0.4, -0.2) is 62.8 Å². The molecule has 28 heavy (non-hydrogen) atoms. The largest absolute Gasteiger partial charge is 0.338 e. The van der Waals surface area contributed by atoms with E-state index in [1.165, 1.54) is 0 Å². The van der Waals surface area contributed by atoms with Crippen LogP contribution in [0.4, 0.5) is 0 Å². The third-order valence-electron chi connectivity index (χ3n) is 5.32. The maximum absolute atomic E-state index is 12.8. The summed E-state index contributed by atoms with van der Waals surface area (Å²) in [6, 6.07) is 7.74. The van der Waals surface area contributed by atoms with Crippen LogP contribution in [0.25, 0.3) is 0 Å². The van der Waals surface area contributed by atoms with Crippen molar-refractivity contribution in [3.8, 4) is 0 Å². The van der Waals surface area contributed by atoms with Gasteiger partial charge in [0.1, 0.15) is 0 Å². The number of aromatic nitrogens is 3. The van der Waals surface area contributed by atoms with E-state index in [9.17, 15) is 9.59 Å². The van der Waals surface area contributed by atoms with Crippen molar-refractivity contribution in [1.82, 2.24) is 24.8 Å². The van der Waals surface area contributed by atoms with Gasteiger partial charge in [0.25, 0.3) is 11.8 Å². The van der Waals surface area contributed by atoms with E-state index in [1.807, 2.05) is 49.9 Å². The van der Waals surface area contributed by atoms with Crippen molar-refractivity contribution in [3.05, 3.63) is 47.3 Å². The molecule has 0 bridgehead atoms. The van der Waals surface area contributed by atoms with E-state index < -0.39 is 0 Å². The molecular formula is C21H29N5O2. The van der Waals surface area contributed by atoms with Crippen LogP contribution in [-0.2, 0) is 6.54 Å². The first kappa shape index (κ1) is 20.0. The molecule has 0 saturated carbocycles. The summed E-state index contributed by atoms with van der Waals surface area (Å²) in [5.74, 6) is 0.307. The van der Waals surface area contributed by atoms with Crippen LogP contribution in [0.15, 0.2) is 30.5 Å². The molecule has 3 rings (SSSR count). The number of amides is 2. The van der Waals surface area contributed by atoms with Gasteiger partial charge in [-0.05, 0) is 51.7 Å². The molecule has 7 nitrogen and oxygen atoms in total. The van der Waals surface area contributed by atoms with E-state index in [-0.39, 0.29) is 11.8 Å². The molecule has 0 N–H and O–H groups in total. The van der Waals surface area contributed by atoms with Crippen LogP contribution < -0.4 is 0 Å². The predicted molar refractivity (Wildman–Crippen MR) is 107 cm³/mol. The zero-order chi connectivity index (χ0) is 20.1. The Labute approximate surface area is 166 Å². The van der Waals surface area contributed by atoms with Crippen molar-refractivity contribution in [3.63, 3.8) is 0 Å². The Hall–Kier alpha value is -2.70. The highest BCUT2D eigenvalue weighted by atomic mass is 16.2. The van der Waals surface area contributed by atoms with Gasteiger partial charge in [0.2, 0.25) is 0 Å². The molecule has 0 spiro atoms. The van der Waals surface area contributed by atoms with Crippen LogP contribution >= 0.6 is 0 Å². The smallest absolute Gasteiger partial charge is 0.276 e. The van der Waals surface area contributed by atoms with Gasteiger partial charge in [0.15, 0.2) is 5.69 Å². The first-order valence-electron chi connectivity index (χ1n) is 10.1. The van der Waals surface area contributed by atoms with Crippen LogP contribution in [0, 0.1) is 12.8 Å². The van der Waals surface area contributed by atoms with E-state index in [0.717, 1.165) is 30.5 Å². The number of likely N-dealkylation sites (tertiary alicyclic amines) is 1. The maximum atomic E-state index is 12.8. The molecule has 2 heterocycles. The van der Waals surface area contributed by atoms with Crippen LogP contribution in [0.5, 0.6) is 0 Å². The molecule has 1 aromatic heterocycles. The molecule has 150 valence electrons. The number of hydrogen-bond donors (Lipinski definition) is 0. The summed E-state index contributed by atoms with van der Waals surface area (Å²) in [6.45, 7) is 9.36. The predicted octanol–water partition coefficient (Wildman–Crippen LogP) is 2.62. The van der Waals surface area contributed by atoms with Crippen molar-refractivity contribution in [1.29, 1.82) is 0 Å². The molecule has 0 radical (unpaired) electrons. The topological polar surface area (TPSA) is 71.3 Å². The van der Waals surface area contributed by atoms with E-state index in [1.54, 1.807) is 15.8 Å². The third kappa shape index (κ3) is 4.58. The average Bonchev–Trinajstić information content (AvgIpc) is 3.17. The number of nitrogens with zero attached hydrogens (tertiary/aromatic N) is 5. The Balaban J connectivity index is 1.62. The van der Waals surface area contributed by atoms with Gasteiger partial charge in [-0.15, -0.1) is 5.10 Å². The number of rotatable bonds is 6. The van der Waals surface area contributed by atoms with Gasteiger partial charge in [0.05, 0.1) is 6.20 Å². The van der Waals surface area contributed by atoms with E-state index in [4.69, 9.17) is 0 Å². The Morgan fingerprint density at radius 1 is 1.25 bits per heavy atom. The highest BCUT2D eigenvalue weighted by Crippen LogP contribution is 2.20. The second-order valence-corrected chi connectivity index (χ2v) is 7.43. The van der Waals surface area contributed by atoms with Gasteiger partial charge in [0, 0.05) is 38.3 Å². The SMILES string of the molecule is CCN(CC)C(=O)c1cn(CC2CCCN(C(=O)c3cccc(C)c3)C2)nn1. The van der Waals surface area contributed by atoms with Crippen molar-refractivity contribution in [2.45, 2.75) is 40.2 Å². The molecular weight excluding hydrogens is 354 g/mol. The molecule has 0 aliphatic carbocycles. The molecule has 7 heteroatoms. The average molecular weight is 383 g/mol. The standard InChI is InChI=1S/C21H29N5O2/c1-4-24(5-2)21(28)19-15-26(23-22-19)14-17-9-7-11-25(13-17)20(27)18-10-6-8-16(3)12-18/h6,8,10,12,15,17H,4-5,7,9,11,13-14H2,1-3H3. The Morgan fingerprint density at radius 3 is 2.75 bits per heavy atom. The van der Waals surface area contributed by atoms with E-state index in [0.29, 0.717) is 37.8 Å². The van der Waals surface area contributed by atoms with Crippen molar-refractivity contribution in [2.24, 2.45) is 5.92 Å². The number of aryl methyl sites for hydroxylation is 1. The number of carbonyl (C=O) groups excluding carboxylic acids is 2. The van der Waals surface area contributed by atoms with Gasteiger partial charge < -0.3 is 9.80 Å². The van der Waals surface area contributed by atoms with Crippen molar-refractivity contribution in [2.75, 3.05) is 26.2 Å². The van der Waals surface area contributed by atoms with Gasteiger partial charge >= 0.3 is 0 Å². The van der Waals surface area contributed by atoms with E-state index >= 15 is 0 Å². The summed E-state index contributed by atoms with van der Waals surface area (Å²) < 4.78 is 1.74. The molecule has 1 aliphatic rings. The quantitative estimate of drug-likeness (QED) is 0.769. The lowest BCUT2D eigenvalue weighted by Gasteiger charge is -2.32. The van der Waals surface area contributed by atoms with Crippen LogP contribution in [0.3, 0.4) is 0 Å². The number of benzene rings is 1. The second-order valence-electron chi connectivity index (χ2n) is 7.43. The maximum Gasteiger partial charge on any atom is 0.276 e. The molecule has 1 unspecified atom stereocenters. The fraction of sp³-hybridized carbons (Fsp3) is 0.524. The summed E-state index contributed by atoms with van der Waals surface area (Å²) >= 11 is 0. The summed E-state index contributed by atoms with van der Waals surface area (Å²) in [5, 5.41) is 8.19. The second kappa shape index (κ2) is 8.99. The minimum atomic E-state index is -0.0869. The normalized spacial score (nSPS) is 16.8. The molecule has 2 aromatic rings. The highest BCUT2D eigenvalue weighted by Gasteiger charge is 2.25. The first-order valence-corrected chi connectivity index (χ1v) is 10.1. The van der Waals surface area contributed by atoms with Crippen molar-refractivity contribution >= 4 is 11.8 Å². The summed E-state index contributed by atoms with van der Waals surface area (Å²) in [4.78, 5) is 28.9. The summed E-state index contributed by atoms with van der Waals surface area (Å²) in [5.41, 5.74) is 2.22. The third-order valence-corrected chi connectivity index (χ3v) is 5.32. The zero-order valence-electron chi connectivity index (χ0n) is 17.0. The van der Waals surface area contributed by atoms with E-state index in [2.05, 4.69) is 10.3 Å². The summed E-state index contributed by atoms with van der Waals surface area (Å²) in [7, 11) is 0. The molecule has 2 amide bonds. The van der Waals surface area contributed by atoms with Crippen molar-refractivity contribution < 1.29 is 9.59 Å². The Morgan fingerprint density at radius 2 is 2.04 bits per heavy atom. The Bertz CT molecular complexity index is 828. The lowest BCUT2D eigenvalue weighted by Crippen LogP contribution is -2.41. The van der Waals surface area contributed by atoms with Gasteiger partial charge in [-0.25, -0.2) is 0 Å². The number of piperidine rings is 1. The zero-order valence-corrected chi connectivity index (χ0v) is 17.0. The fourth-order valence-corrected chi connectivity index (χ4v) is 3.78. The molecule has 1 saturated heterocycles. The molecule has 1 aliphatic heterocycles. The minimum absolute atomic E-state index is 0.0869. The van der Waals surface area contributed by atoms with Gasteiger partial charge in [-0.1, -0.05) is 22.9 Å². The highest BCUT2D eigenvalue weighted by molar-refractivity contribution is 5.94. The molecule has 1 aromatic carbocycles. The van der Waals surface area contributed by atoms with Gasteiger partial charge in [-0.3, -0.25) is 14.3 Å². The Kier molecular flexibility index (Phi) is 6.44. The van der Waals surface area contributed by atoms with Crippen LogP contribution in [0.1, 0.15) is 53.1 Å². The van der Waals surface area contributed by atoms with Crippen LogP contribution in [0.2, 0.25) is 0 Å². The fourth-order valence-electron chi connectivity index (χ4n) is 3.78. The first-order chi connectivity index (χ1) is 13.5.